The summed E-state index contributed by atoms with van der Waals surface area (Å²) in [6, 6.07) is 0. The number of amides is 1. The molecule has 1 rings (SSSR count). The van der Waals surface area contributed by atoms with Gasteiger partial charge in [0.2, 0.25) is 8.32 Å². The minimum atomic E-state index is -1.99. The molecule has 1 aliphatic rings. The SMILES string of the molecule is CC1=C(C)C(=O)N(C(C)(C)C(=O)O[Si](C)(C)C)CO1. The Kier molecular flexibility index (Phi) is 4.14. The van der Waals surface area contributed by atoms with Gasteiger partial charge in [0.05, 0.1) is 5.57 Å². The van der Waals surface area contributed by atoms with Gasteiger partial charge in [0.15, 0.2) is 6.73 Å². The molecule has 0 saturated carbocycles. The summed E-state index contributed by atoms with van der Waals surface area (Å²) < 4.78 is 10.9. The Labute approximate surface area is 115 Å². The maximum Gasteiger partial charge on any atom is 0.318 e. The second-order valence-electron chi connectivity index (χ2n) is 6.25. The van der Waals surface area contributed by atoms with Crippen molar-refractivity contribution in [2.75, 3.05) is 6.73 Å². The molecule has 1 amide bonds. The minimum Gasteiger partial charge on any atom is -0.518 e. The fourth-order valence-electron chi connectivity index (χ4n) is 1.61. The molecule has 0 aromatic carbocycles. The van der Waals surface area contributed by atoms with Crippen LogP contribution in [0.25, 0.3) is 0 Å². The summed E-state index contributed by atoms with van der Waals surface area (Å²) in [5.74, 6) is 0.0489. The van der Waals surface area contributed by atoms with Crippen molar-refractivity contribution in [3.8, 4) is 0 Å². The van der Waals surface area contributed by atoms with Crippen molar-refractivity contribution in [1.82, 2.24) is 4.90 Å². The Morgan fingerprint density at radius 2 is 1.84 bits per heavy atom. The molecule has 0 N–H and O–H groups in total. The predicted molar refractivity (Wildman–Crippen MR) is 74.7 cm³/mol. The van der Waals surface area contributed by atoms with Crippen LogP contribution in [0.3, 0.4) is 0 Å². The lowest BCUT2D eigenvalue weighted by Crippen LogP contribution is -2.57. The standard InChI is InChI=1S/C13H23NO4Si/c1-9-10(2)17-8-14(11(9)15)13(3,4)12(16)18-19(5,6)7/h8H2,1-7H3. The summed E-state index contributed by atoms with van der Waals surface area (Å²) in [5.41, 5.74) is -0.501. The fourth-order valence-corrected chi connectivity index (χ4v) is 2.42. The monoisotopic (exact) mass is 285 g/mol. The molecule has 0 atom stereocenters. The van der Waals surface area contributed by atoms with Gasteiger partial charge in [0.1, 0.15) is 11.3 Å². The molecule has 0 aliphatic carbocycles. The largest absolute Gasteiger partial charge is 0.518 e. The molecule has 1 aliphatic heterocycles. The lowest BCUT2D eigenvalue weighted by molar-refractivity contribution is -0.160. The summed E-state index contributed by atoms with van der Waals surface area (Å²) in [6.07, 6.45) is 0. The summed E-state index contributed by atoms with van der Waals surface area (Å²) in [5, 5.41) is 0. The van der Waals surface area contributed by atoms with Crippen LogP contribution in [-0.2, 0) is 18.8 Å². The van der Waals surface area contributed by atoms with Gasteiger partial charge in [-0.1, -0.05) is 0 Å². The number of hydrogen-bond acceptors (Lipinski definition) is 4. The number of nitrogens with zero attached hydrogens (tertiary/aromatic N) is 1. The molecule has 0 radical (unpaired) electrons. The summed E-state index contributed by atoms with van der Waals surface area (Å²) in [6.45, 7) is 12.7. The molecule has 1 heterocycles. The molecule has 19 heavy (non-hydrogen) atoms. The average Bonchev–Trinajstić information content (AvgIpc) is 2.23. The van der Waals surface area contributed by atoms with E-state index in [1.807, 2.05) is 19.6 Å². The Morgan fingerprint density at radius 1 is 1.32 bits per heavy atom. The summed E-state index contributed by atoms with van der Waals surface area (Å²) >= 11 is 0. The van der Waals surface area contributed by atoms with Crippen molar-refractivity contribution in [3.05, 3.63) is 11.3 Å². The van der Waals surface area contributed by atoms with Crippen molar-refractivity contribution in [2.45, 2.75) is 52.9 Å². The van der Waals surface area contributed by atoms with Gasteiger partial charge in [0, 0.05) is 0 Å². The maximum absolute atomic E-state index is 12.3. The van der Waals surface area contributed by atoms with Crippen LogP contribution in [0, 0.1) is 0 Å². The van der Waals surface area contributed by atoms with Crippen LogP contribution in [0.2, 0.25) is 19.6 Å². The van der Waals surface area contributed by atoms with Gasteiger partial charge < -0.3 is 9.16 Å². The maximum atomic E-state index is 12.3. The van der Waals surface area contributed by atoms with Crippen LogP contribution >= 0.6 is 0 Å². The molecule has 6 heteroatoms. The molecule has 0 saturated heterocycles. The van der Waals surface area contributed by atoms with E-state index in [0.717, 1.165) is 0 Å². The number of allylic oxidation sites excluding steroid dienone is 1. The van der Waals surface area contributed by atoms with E-state index in [1.165, 1.54) is 4.90 Å². The fraction of sp³-hybridized carbons (Fsp3) is 0.692. The van der Waals surface area contributed by atoms with Gasteiger partial charge in [-0.25, -0.2) is 0 Å². The van der Waals surface area contributed by atoms with E-state index in [9.17, 15) is 9.59 Å². The average molecular weight is 285 g/mol. The number of hydrogen-bond donors (Lipinski definition) is 0. The van der Waals surface area contributed by atoms with Gasteiger partial charge in [-0.2, -0.15) is 0 Å². The summed E-state index contributed by atoms with van der Waals surface area (Å²) in [4.78, 5) is 25.9. The zero-order valence-electron chi connectivity index (χ0n) is 12.8. The Bertz CT molecular complexity index is 434. The van der Waals surface area contributed by atoms with Crippen molar-refractivity contribution in [1.29, 1.82) is 0 Å². The van der Waals surface area contributed by atoms with Crippen molar-refractivity contribution in [3.63, 3.8) is 0 Å². The predicted octanol–water partition coefficient (Wildman–Crippen LogP) is 2.25. The first-order chi connectivity index (χ1) is 8.47. The molecule has 5 nitrogen and oxygen atoms in total. The van der Waals surface area contributed by atoms with Gasteiger partial charge in [-0.3, -0.25) is 14.5 Å². The Balaban J connectivity index is 2.96. The molecule has 108 valence electrons. The van der Waals surface area contributed by atoms with Crippen LogP contribution in [0.4, 0.5) is 0 Å². The lowest BCUT2D eigenvalue weighted by Gasteiger charge is -2.40. The number of carbonyl (C=O) groups excluding carboxylic acids is 2. The van der Waals surface area contributed by atoms with E-state index in [4.69, 9.17) is 9.16 Å². The van der Waals surface area contributed by atoms with Crippen LogP contribution in [0.1, 0.15) is 27.7 Å². The van der Waals surface area contributed by atoms with Crippen molar-refractivity contribution in [2.24, 2.45) is 0 Å². The molecule has 0 bridgehead atoms. The number of rotatable bonds is 3. The first-order valence-electron chi connectivity index (χ1n) is 6.32. The quantitative estimate of drug-likeness (QED) is 0.746. The van der Waals surface area contributed by atoms with E-state index in [0.29, 0.717) is 11.3 Å². The van der Waals surface area contributed by atoms with Crippen molar-refractivity contribution < 1.29 is 18.8 Å². The highest BCUT2D eigenvalue weighted by molar-refractivity contribution is 6.71. The van der Waals surface area contributed by atoms with E-state index < -0.39 is 13.9 Å². The molecule has 0 spiro atoms. The van der Waals surface area contributed by atoms with Gasteiger partial charge in [-0.15, -0.1) is 0 Å². The van der Waals surface area contributed by atoms with E-state index in [1.54, 1.807) is 27.7 Å². The van der Waals surface area contributed by atoms with Gasteiger partial charge in [-0.05, 0) is 47.3 Å². The first-order valence-corrected chi connectivity index (χ1v) is 9.73. The molecular formula is C13H23NO4Si. The summed E-state index contributed by atoms with van der Waals surface area (Å²) in [7, 11) is -1.99. The molecule has 0 aromatic rings. The van der Waals surface area contributed by atoms with Gasteiger partial charge in [0.25, 0.3) is 5.91 Å². The molecule has 0 unspecified atom stereocenters. The van der Waals surface area contributed by atoms with E-state index >= 15 is 0 Å². The van der Waals surface area contributed by atoms with Crippen LogP contribution in [0.5, 0.6) is 0 Å². The normalized spacial score (nSPS) is 17.4. The highest BCUT2D eigenvalue weighted by Gasteiger charge is 2.43. The zero-order chi connectivity index (χ0) is 15.0. The minimum absolute atomic E-state index is 0.0792. The molecule has 0 aromatic heterocycles. The van der Waals surface area contributed by atoms with Crippen LogP contribution in [0.15, 0.2) is 11.3 Å². The van der Waals surface area contributed by atoms with E-state index in [-0.39, 0.29) is 18.6 Å². The highest BCUT2D eigenvalue weighted by Crippen LogP contribution is 2.26. The zero-order valence-corrected chi connectivity index (χ0v) is 13.8. The van der Waals surface area contributed by atoms with Crippen LogP contribution < -0.4 is 0 Å². The third-order valence-corrected chi connectivity index (χ3v) is 3.88. The molecule has 0 fully saturated rings. The Hall–Kier alpha value is -1.30. The third-order valence-electron chi connectivity index (χ3n) is 3.08. The topological polar surface area (TPSA) is 55.8 Å². The third kappa shape index (κ3) is 3.37. The second-order valence-corrected chi connectivity index (χ2v) is 10.7. The molecular weight excluding hydrogens is 262 g/mol. The van der Waals surface area contributed by atoms with Gasteiger partial charge >= 0.3 is 5.97 Å². The van der Waals surface area contributed by atoms with Crippen molar-refractivity contribution >= 4 is 20.2 Å². The highest BCUT2D eigenvalue weighted by atomic mass is 28.4. The number of ether oxygens (including phenoxy) is 1. The Morgan fingerprint density at radius 3 is 2.32 bits per heavy atom. The van der Waals surface area contributed by atoms with E-state index in [2.05, 4.69) is 0 Å². The number of carbonyl (C=O) groups is 2. The smallest absolute Gasteiger partial charge is 0.318 e. The second kappa shape index (κ2) is 5.00. The lowest BCUT2D eigenvalue weighted by atomic mass is 10.0. The first kappa shape index (κ1) is 15.8. The van der Waals surface area contributed by atoms with Crippen LogP contribution in [-0.4, -0.2) is 37.4 Å².